The van der Waals surface area contributed by atoms with Crippen molar-refractivity contribution in [2.75, 3.05) is 11.1 Å². The molecule has 2 aromatic carbocycles. The molecule has 1 unspecified atom stereocenters. The summed E-state index contributed by atoms with van der Waals surface area (Å²) in [6, 6.07) is 11.9. The minimum absolute atomic E-state index is 0.122. The molecule has 1 aromatic heterocycles. The fourth-order valence-electron chi connectivity index (χ4n) is 2.68. The van der Waals surface area contributed by atoms with Crippen LogP contribution in [0.25, 0.3) is 11.5 Å². The summed E-state index contributed by atoms with van der Waals surface area (Å²) in [5.74, 6) is 0.229. The lowest BCUT2D eigenvalue weighted by Crippen LogP contribution is -2.21. The minimum atomic E-state index is -1.45. The second-order valence-electron chi connectivity index (χ2n) is 6.62. The van der Waals surface area contributed by atoms with E-state index in [2.05, 4.69) is 10.3 Å². The van der Waals surface area contributed by atoms with Gasteiger partial charge in [-0.05, 0) is 56.7 Å². The maximum absolute atomic E-state index is 13.1. The Kier molecular flexibility index (Phi) is 6.04. The second-order valence-corrected chi connectivity index (χ2v) is 8.08. The molecule has 0 aliphatic carbocycles. The molecule has 0 spiro atoms. The predicted molar refractivity (Wildman–Crippen MR) is 108 cm³/mol. The number of hydrogen-bond donors (Lipinski definition) is 1. The molecule has 0 bridgehead atoms. The van der Waals surface area contributed by atoms with Crippen LogP contribution >= 0.6 is 0 Å². The monoisotopic (exact) mass is 400 g/mol. The van der Waals surface area contributed by atoms with Crippen LogP contribution in [0.5, 0.6) is 0 Å². The Morgan fingerprint density at radius 3 is 2.54 bits per heavy atom. The molecule has 1 heterocycles. The fourth-order valence-corrected chi connectivity index (χ4v) is 3.72. The van der Waals surface area contributed by atoms with E-state index in [1.54, 1.807) is 13.8 Å². The maximum atomic E-state index is 13.1. The van der Waals surface area contributed by atoms with Crippen LogP contribution in [0.1, 0.15) is 22.6 Å². The van der Waals surface area contributed by atoms with Crippen molar-refractivity contribution in [3.8, 4) is 11.5 Å². The highest BCUT2D eigenvalue weighted by Gasteiger charge is 2.16. The van der Waals surface area contributed by atoms with Crippen LogP contribution in [0.2, 0.25) is 0 Å². The highest BCUT2D eigenvalue weighted by molar-refractivity contribution is 7.84. The normalized spacial score (nSPS) is 12.0. The zero-order valence-electron chi connectivity index (χ0n) is 15.9. The number of amides is 1. The van der Waals surface area contributed by atoms with E-state index in [0.717, 1.165) is 11.1 Å². The van der Waals surface area contributed by atoms with E-state index in [9.17, 15) is 13.4 Å². The number of oxazole rings is 1. The van der Waals surface area contributed by atoms with Crippen molar-refractivity contribution >= 4 is 22.4 Å². The molecule has 3 aromatic rings. The van der Waals surface area contributed by atoms with Crippen molar-refractivity contribution in [1.29, 1.82) is 0 Å². The molecule has 1 N–H and O–H groups in total. The number of anilines is 1. The first-order chi connectivity index (χ1) is 13.3. The van der Waals surface area contributed by atoms with E-state index in [4.69, 9.17) is 4.42 Å². The van der Waals surface area contributed by atoms with Crippen LogP contribution in [0.4, 0.5) is 10.1 Å². The van der Waals surface area contributed by atoms with Crippen molar-refractivity contribution < 1.29 is 17.8 Å². The van der Waals surface area contributed by atoms with Crippen molar-refractivity contribution in [2.24, 2.45) is 0 Å². The highest BCUT2D eigenvalue weighted by atomic mass is 32.2. The molecular weight excluding hydrogens is 379 g/mol. The third kappa shape index (κ3) is 4.92. The van der Waals surface area contributed by atoms with Crippen LogP contribution in [0, 0.1) is 26.6 Å². The lowest BCUT2D eigenvalue weighted by molar-refractivity contribution is -0.113. The van der Waals surface area contributed by atoms with Gasteiger partial charge in [-0.2, -0.15) is 0 Å². The van der Waals surface area contributed by atoms with Gasteiger partial charge < -0.3 is 9.73 Å². The summed E-state index contributed by atoms with van der Waals surface area (Å²) in [7, 11) is -1.45. The van der Waals surface area contributed by atoms with Crippen molar-refractivity contribution in [1.82, 2.24) is 4.98 Å². The number of nitrogens with zero attached hydrogens (tertiary/aromatic N) is 1. The molecule has 0 radical (unpaired) electrons. The van der Waals surface area contributed by atoms with Gasteiger partial charge in [0.2, 0.25) is 11.8 Å². The zero-order valence-corrected chi connectivity index (χ0v) is 16.7. The number of aryl methyl sites for hydroxylation is 3. The third-order valence-electron chi connectivity index (χ3n) is 4.24. The summed E-state index contributed by atoms with van der Waals surface area (Å²) >= 11 is 0. The van der Waals surface area contributed by atoms with Crippen LogP contribution in [0.15, 0.2) is 46.9 Å². The Labute approximate surface area is 165 Å². The molecule has 0 saturated carbocycles. The number of carbonyl (C=O) groups is 1. The Morgan fingerprint density at radius 1 is 1.14 bits per heavy atom. The van der Waals surface area contributed by atoms with Gasteiger partial charge in [0, 0.05) is 22.1 Å². The molecule has 0 fully saturated rings. The number of halogens is 1. The summed E-state index contributed by atoms with van der Waals surface area (Å²) in [6.45, 7) is 5.46. The standard InChI is InChI=1S/C21H21FN2O3S/c1-13-4-6-16(7-5-13)21-24-19(15(3)27-21)11-28(26)12-20(25)23-18-9-8-17(22)10-14(18)2/h4-10H,11-12H2,1-3H3,(H,23,25). The largest absolute Gasteiger partial charge is 0.441 e. The Bertz CT molecular complexity index is 1030. The predicted octanol–water partition coefficient (Wildman–Crippen LogP) is 4.29. The smallest absolute Gasteiger partial charge is 0.237 e. The van der Waals surface area contributed by atoms with Crippen LogP contribution in [-0.2, 0) is 21.3 Å². The second kappa shape index (κ2) is 8.48. The van der Waals surface area contributed by atoms with Gasteiger partial charge in [0.05, 0.1) is 11.4 Å². The van der Waals surface area contributed by atoms with Gasteiger partial charge in [0.15, 0.2) is 0 Å². The number of nitrogens with one attached hydrogen (secondary N) is 1. The average Bonchev–Trinajstić information content (AvgIpc) is 2.98. The van der Waals surface area contributed by atoms with Crippen molar-refractivity contribution in [2.45, 2.75) is 26.5 Å². The summed E-state index contributed by atoms with van der Waals surface area (Å²) in [4.78, 5) is 16.6. The average molecular weight is 400 g/mol. The van der Waals surface area contributed by atoms with Gasteiger partial charge in [0.1, 0.15) is 17.3 Å². The van der Waals surface area contributed by atoms with Gasteiger partial charge in [-0.25, -0.2) is 9.37 Å². The Hall–Kier alpha value is -2.80. The summed E-state index contributed by atoms with van der Waals surface area (Å²) in [6.07, 6.45) is 0. The summed E-state index contributed by atoms with van der Waals surface area (Å²) < 4.78 is 31.2. The molecular formula is C21H21FN2O3S. The molecule has 5 nitrogen and oxygen atoms in total. The van der Waals surface area contributed by atoms with Crippen molar-refractivity contribution in [3.05, 3.63) is 70.9 Å². The molecule has 1 atom stereocenters. The van der Waals surface area contributed by atoms with Gasteiger partial charge in [0.25, 0.3) is 0 Å². The first-order valence-corrected chi connectivity index (χ1v) is 10.2. The highest BCUT2D eigenvalue weighted by Crippen LogP contribution is 2.23. The summed E-state index contributed by atoms with van der Waals surface area (Å²) in [5, 5.41) is 2.66. The Balaban J connectivity index is 1.63. The van der Waals surface area contributed by atoms with Crippen LogP contribution in [-0.4, -0.2) is 20.9 Å². The lowest BCUT2D eigenvalue weighted by Gasteiger charge is -2.08. The molecule has 0 saturated heterocycles. The van der Waals surface area contributed by atoms with Gasteiger partial charge >= 0.3 is 0 Å². The van der Waals surface area contributed by atoms with E-state index in [1.165, 1.54) is 18.2 Å². The van der Waals surface area contributed by atoms with Crippen molar-refractivity contribution in [3.63, 3.8) is 0 Å². The van der Waals surface area contributed by atoms with Crippen LogP contribution < -0.4 is 5.32 Å². The lowest BCUT2D eigenvalue weighted by atomic mass is 10.1. The fraction of sp³-hybridized carbons (Fsp3) is 0.238. The first kappa shape index (κ1) is 19.9. The molecule has 0 aliphatic heterocycles. The van der Waals surface area contributed by atoms with E-state index < -0.39 is 16.7 Å². The number of carbonyl (C=O) groups excluding carboxylic acids is 1. The number of aromatic nitrogens is 1. The first-order valence-electron chi connectivity index (χ1n) is 8.76. The molecule has 28 heavy (non-hydrogen) atoms. The molecule has 3 rings (SSSR count). The number of benzene rings is 2. The molecule has 7 heteroatoms. The van der Waals surface area contributed by atoms with E-state index in [0.29, 0.717) is 28.6 Å². The SMILES string of the molecule is Cc1ccc(-c2nc(CS(=O)CC(=O)Nc3ccc(F)cc3C)c(C)o2)cc1. The quantitative estimate of drug-likeness (QED) is 0.670. The van der Waals surface area contributed by atoms with E-state index >= 15 is 0 Å². The zero-order chi connectivity index (χ0) is 20.3. The summed E-state index contributed by atoms with van der Waals surface area (Å²) in [5.41, 5.74) is 3.66. The molecule has 1 amide bonds. The number of rotatable bonds is 6. The third-order valence-corrected chi connectivity index (χ3v) is 5.42. The van der Waals surface area contributed by atoms with Gasteiger partial charge in [-0.15, -0.1) is 0 Å². The molecule has 0 aliphatic rings. The van der Waals surface area contributed by atoms with Crippen LogP contribution in [0.3, 0.4) is 0 Å². The molecule has 146 valence electrons. The van der Waals surface area contributed by atoms with E-state index in [1.807, 2.05) is 31.2 Å². The Morgan fingerprint density at radius 2 is 1.86 bits per heavy atom. The van der Waals surface area contributed by atoms with Gasteiger partial charge in [-0.3, -0.25) is 9.00 Å². The number of hydrogen-bond acceptors (Lipinski definition) is 4. The van der Waals surface area contributed by atoms with Gasteiger partial charge in [-0.1, -0.05) is 17.7 Å². The topological polar surface area (TPSA) is 72.2 Å². The minimum Gasteiger partial charge on any atom is -0.441 e. The maximum Gasteiger partial charge on any atom is 0.237 e. The van der Waals surface area contributed by atoms with E-state index in [-0.39, 0.29) is 17.3 Å².